The van der Waals surface area contributed by atoms with Crippen molar-refractivity contribution in [3.05, 3.63) is 12.4 Å². The van der Waals surface area contributed by atoms with Crippen molar-refractivity contribution in [1.29, 1.82) is 0 Å². The van der Waals surface area contributed by atoms with Gasteiger partial charge in [0.25, 0.3) is 0 Å². The maximum atomic E-state index is 9.40. The molecule has 1 heterocycles. The second kappa shape index (κ2) is 6.27. The first-order chi connectivity index (χ1) is 7.59. The van der Waals surface area contributed by atoms with Crippen LogP contribution in [0.15, 0.2) is 17.6 Å². The number of aliphatic hydroxyl groups excluding tert-OH is 1. The van der Waals surface area contributed by atoms with Gasteiger partial charge in [-0.25, -0.2) is 4.98 Å². The monoisotopic (exact) mass is 243 g/mol. The molecule has 0 aromatic carbocycles. The maximum absolute atomic E-state index is 9.40. The van der Waals surface area contributed by atoms with Crippen LogP contribution in [0.25, 0.3) is 0 Å². The van der Waals surface area contributed by atoms with Gasteiger partial charge in [0.1, 0.15) is 0 Å². The summed E-state index contributed by atoms with van der Waals surface area (Å²) >= 11 is 1.70. The van der Waals surface area contributed by atoms with Crippen LogP contribution >= 0.6 is 11.8 Å². The lowest BCUT2D eigenvalue weighted by Gasteiger charge is -2.30. The molecule has 4 nitrogen and oxygen atoms in total. The molecule has 1 aromatic heterocycles. The van der Waals surface area contributed by atoms with E-state index in [4.69, 9.17) is 0 Å². The fourth-order valence-corrected chi connectivity index (χ4v) is 2.89. The molecular formula is C11H21N3OS. The van der Waals surface area contributed by atoms with Crippen LogP contribution in [0.2, 0.25) is 0 Å². The predicted molar refractivity (Wildman–Crippen MR) is 67.7 cm³/mol. The van der Waals surface area contributed by atoms with Gasteiger partial charge in [-0.1, -0.05) is 25.6 Å². The lowest BCUT2D eigenvalue weighted by atomic mass is 9.97. The second-order valence-electron chi connectivity index (χ2n) is 4.28. The van der Waals surface area contributed by atoms with Gasteiger partial charge in [0.15, 0.2) is 5.16 Å². The first kappa shape index (κ1) is 13.5. The predicted octanol–water partition coefficient (Wildman–Crippen LogP) is 1.64. The van der Waals surface area contributed by atoms with Crippen molar-refractivity contribution in [2.24, 2.45) is 0 Å². The molecule has 0 saturated carbocycles. The molecule has 2 unspecified atom stereocenters. The average molecular weight is 243 g/mol. The van der Waals surface area contributed by atoms with Crippen LogP contribution in [0.1, 0.15) is 27.2 Å². The van der Waals surface area contributed by atoms with E-state index in [0.29, 0.717) is 5.25 Å². The Kier molecular flexibility index (Phi) is 5.31. The summed E-state index contributed by atoms with van der Waals surface area (Å²) in [5, 5.41) is 14.1. The Hall–Kier alpha value is -0.520. The summed E-state index contributed by atoms with van der Waals surface area (Å²) in [6.45, 7) is 7.28. The smallest absolute Gasteiger partial charge is 0.165 e. The van der Waals surface area contributed by atoms with Crippen LogP contribution < -0.4 is 5.32 Å². The van der Waals surface area contributed by atoms with Crippen molar-refractivity contribution in [3.8, 4) is 0 Å². The normalized spacial score (nSPS) is 17.0. The third kappa shape index (κ3) is 4.15. The van der Waals surface area contributed by atoms with E-state index in [1.165, 1.54) is 0 Å². The van der Waals surface area contributed by atoms with Crippen molar-refractivity contribution in [2.45, 2.75) is 43.1 Å². The van der Waals surface area contributed by atoms with Crippen LogP contribution in [0.5, 0.6) is 0 Å². The Morgan fingerprint density at radius 1 is 1.69 bits per heavy atom. The van der Waals surface area contributed by atoms with Crippen LogP contribution in [0, 0.1) is 0 Å². The van der Waals surface area contributed by atoms with Crippen molar-refractivity contribution in [2.75, 3.05) is 13.2 Å². The summed E-state index contributed by atoms with van der Waals surface area (Å²) < 4.78 is 0. The van der Waals surface area contributed by atoms with E-state index in [-0.39, 0.29) is 12.1 Å². The third-order valence-electron chi connectivity index (χ3n) is 2.48. The summed E-state index contributed by atoms with van der Waals surface area (Å²) in [5.41, 5.74) is -0.201. The standard InChI is InChI=1S/C11H21N3OS/c1-4-14-11(3,8-15)7-9(2)16-10-12-5-6-13-10/h5-6,9,14-15H,4,7-8H2,1-3H3,(H,12,13). The number of H-pyrrole nitrogens is 1. The molecule has 0 bridgehead atoms. The van der Waals surface area contributed by atoms with Gasteiger partial charge in [0.2, 0.25) is 0 Å². The molecule has 3 N–H and O–H groups in total. The van der Waals surface area contributed by atoms with Gasteiger partial charge in [-0.3, -0.25) is 0 Å². The minimum absolute atomic E-state index is 0.157. The molecule has 0 aliphatic carbocycles. The summed E-state index contributed by atoms with van der Waals surface area (Å²) in [5.74, 6) is 0. The quantitative estimate of drug-likeness (QED) is 0.637. The van der Waals surface area contributed by atoms with Crippen molar-refractivity contribution >= 4 is 11.8 Å². The Balaban J connectivity index is 2.45. The molecule has 0 aliphatic rings. The molecule has 5 heteroatoms. The zero-order valence-corrected chi connectivity index (χ0v) is 11.0. The van der Waals surface area contributed by atoms with Crippen LogP contribution in [-0.2, 0) is 0 Å². The van der Waals surface area contributed by atoms with E-state index in [9.17, 15) is 5.11 Å². The number of aromatic amines is 1. The van der Waals surface area contributed by atoms with Crippen molar-refractivity contribution < 1.29 is 5.11 Å². The number of likely N-dealkylation sites (N-methyl/N-ethyl adjacent to an activating group) is 1. The van der Waals surface area contributed by atoms with E-state index >= 15 is 0 Å². The molecule has 92 valence electrons. The van der Waals surface area contributed by atoms with Gasteiger partial charge < -0.3 is 15.4 Å². The van der Waals surface area contributed by atoms with Crippen molar-refractivity contribution in [1.82, 2.24) is 15.3 Å². The molecule has 0 amide bonds. The summed E-state index contributed by atoms with van der Waals surface area (Å²) in [6.07, 6.45) is 4.48. The topological polar surface area (TPSA) is 60.9 Å². The van der Waals surface area contributed by atoms with E-state index in [0.717, 1.165) is 18.1 Å². The highest BCUT2D eigenvalue weighted by Crippen LogP contribution is 2.25. The fraction of sp³-hybridized carbons (Fsp3) is 0.727. The van der Waals surface area contributed by atoms with Crippen LogP contribution in [0.3, 0.4) is 0 Å². The summed E-state index contributed by atoms with van der Waals surface area (Å²) in [6, 6.07) is 0. The highest BCUT2D eigenvalue weighted by Gasteiger charge is 2.25. The molecule has 1 aromatic rings. The number of nitrogens with zero attached hydrogens (tertiary/aromatic N) is 1. The number of aliphatic hydroxyl groups is 1. The maximum Gasteiger partial charge on any atom is 0.165 e. The lowest BCUT2D eigenvalue weighted by Crippen LogP contribution is -2.47. The average Bonchev–Trinajstić information content (AvgIpc) is 2.70. The highest BCUT2D eigenvalue weighted by molar-refractivity contribution is 7.99. The van der Waals surface area contributed by atoms with E-state index < -0.39 is 0 Å². The second-order valence-corrected chi connectivity index (χ2v) is 5.70. The third-order valence-corrected chi connectivity index (χ3v) is 3.49. The van der Waals surface area contributed by atoms with E-state index in [1.807, 2.05) is 6.20 Å². The van der Waals surface area contributed by atoms with E-state index in [1.54, 1.807) is 18.0 Å². The SMILES string of the molecule is CCNC(C)(CO)CC(C)Sc1ncc[nH]1. The molecule has 0 radical (unpaired) electrons. The van der Waals surface area contributed by atoms with Gasteiger partial charge in [-0.2, -0.15) is 0 Å². The number of hydrogen-bond acceptors (Lipinski definition) is 4. The fourth-order valence-electron chi connectivity index (χ4n) is 1.80. The Morgan fingerprint density at radius 2 is 2.44 bits per heavy atom. The van der Waals surface area contributed by atoms with Gasteiger partial charge in [-0.05, 0) is 19.9 Å². The highest BCUT2D eigenvalue weighted by atomic mass is 32.2. The molecule has 0 saturated heterocycles. The number of rotatable bonds is 7. The number of thioether (sulfide) groups is 1. The number of aromatic nitrogens is 2. The van der Waals surface area contributed by atoms with Gasteiger partial charge in [0.05, 0.1) is 6.61 Å². The zero-order chi connectivity index (χ0) is 12.0. The van der Waals surface area contributed by atoms with Gasteiger partial charge >= 0.3 is 0 Å². The molecule has 2 atom stereocenters. The molecule has 0 fully saturated rings. The number of hydrogen-bond donors (Lipinski definition) is 3. The van der Waals surface area contributed by atoms with Gasteiger partial charge in [0, 0.05) is 23.2 Å². The molecule has 0 aliphatic heterocycles. The summed E-state index contributed by atoms with van der Waals surface area (Å²) in [4.78, 5) is 7.26. The zero-order valence-electron chi connectivity index (χ0n) is 10.2. The Morgan fingerprint density at radius 3 is 2.94 bits per heavy atom. The first-order valence-corrected chi connectivity index (χ1v) is 6.49. The largest absolute Gasteiger partial charge is 0.394 e. The first-order valence-electron chi connectivity index (χ1n) is 5.61. The minimum atomic E-state index is -0.201. The molecule has 0 spiro atoms. The van der Waals surface area contributed by atoms with Gasteiger partial charge in [-0.15, -0.1) is 0 Å². The summed E-state index contributed by atoms with van der Waals surface area (Å²) in [7, 11) is 0. The Bertz CT molecular complexity index is 291. The van der Waals surface area contributed by atoms with Crippen molar-refractivity contribution in [3.63, 3.8) is 0 Å². The number of nitrogens with one attached hydrogen (secondary N) is 2. The number of imidazole rings is 1. The molecule has 16 heavy (non-hydrogen) atoms. The van der Waals surface area contributed by atoms with Crippen LogP contribution in [0.4, 0.5) is 0 Å². The Labute approximate surface area is 101 Å². The minimum Gasteiger partial charge on any atom is -0.394 e. The van der Waals surface area contributed by atoms with Crippen LogP contribution in [-0.4, -0.2) is 39.0 Å². The lowest BCUT2D eigenvalue weighted by molar-refractivity contribution is 0.168. The van der Waals surface area contributed by atoms with E-state index in [2.05, 4.69) is 36.1 Å². The molecular weight excluding hydrogens is 222 g/mol. The molecule has 1 rings (SSSR count).